The first-order chi connectivity index (χ1) is 11.3. The van der Waals surface area contributed by atoms with Crippen molar-refractivity contribution in [2.24, 2.45) is 5.41 Å². The lowest BCUT2D eigenvalue weighted by Crippen LogP contribution is -2.38. The Morgan fingerprint density at radius 2 is 1.92 bits per heavy atom. The number of hydrogen-bond donors (Lipinski definition) is 1. The summed E-state index contributed by atoms with van der Waals surface area (Å²) < 4.78 is 10.7. The van der Waals surface area contributed by atoms with E-state index in [1.807, 2.05) is 45.9 Å². The molecule has 1 aromatic carbocycles. The Balaban J connectivity index is 1.86. The molecule has 6 nitrogen and oxygen atoms in total. The van der Waals surface area contributed by atoms with E-state index < -0.39 is 5.41 Å². The van der Waals surface area contributed by atoms with Crippen molar-refractivity contribution in [3.8, 4) is 11.5 Å². The highest BCUT2D eigenvalue weighted by Gasteiger charge is 2.21. The summed E-state index contributed by atoms with van der Waals surface area (Å²) in [6.45, 7) is 9.21. The molecule has 24 heavy (non-hydrogen) atoms. The Morgan fingerprint density at radius 3 is 2.58 bits per heavy atom. The molecule has 0 saturated carbocycles. The maximum absolute atomic E-state index is 12.4. The number of rotatable bonds is 6. The Hall–Kier alpha value is -2.24. The van der Waals surface area contributed by atoms with E-state index >= 15 is 0 Å². The molecule has 132 valence electrons. The van der Waals surface area contributed by atoms with Crippen molar-refractivity contribution in [3.05, 3.63) is 23.8 Å². The fourth-order valence-corrected chi connectivity index (χ4v) is 2.34. The fourth-order valence-electron chi connectivity index (χ4n) is 2.34. The van der Waals surface area contributed by atoms with Crippen LogP contribution in [0, 0.1) is 5.41 Å². The van der Waals surface area contributed by atoms with Gasteiger partial charge >= 0.3 is 0 Å². The zero-order valence-electron chi connectivity index (χ0n) is 14.8. The Morgan fingerprint density at radius 1 is 1.21 bits per heavy atom. The van der Waals surface area contributed by atoms with Gasteiger partial charge in [-0.05, 0) is 24.6 Å². The monoisotopic (exact) mass is 334 g/mol. The second-order valence-electron chi connectivity index (χ2n) is 6.85. The molecule has 1 aliphatic heterocycles. The average Bonchev–Trinajstić information content (AvgIpc) is 2.98. The summed E-state index contributed by atoms with van der Waals surface area (Å²) >= 11 is 0. The van der Waals surface area contributed by atoms with Crippen LogP contribution in [0.3, 0.4) is 0 Å². The van der Waals surface area contributed by atoms with Crippen molar-refractivity contribution in [1.82, 2.24) is 10.2 Å². The van der Waals surface area contributed by atoms with Crippen LogP contribution in [0.15, 0.2) is 18.2 Å². The second-order valence-corrected chi connectivity index (χ2v) is 6.85. The summed E-state index contributed by atoms with van der Waals surface area (Å²) in [5, 5.41) is 2.81. The number of nitrogens with zero attached hydrogens (tertiary/aromatic N) is 1. The van der Waals surface area contributed by atoms with E-state index in [1.54, 1.807) is 4.90 Å². The van der Waals surface area contributed by atoms with Crippen LogP contribution in [0.25, 0.3) is 0 Å². The van der Waals surface area contributed by atoms with E-state index in [-0.39, 0.29) is 18.6 Å². The number of carbonyl (C=O) groups excluding carboxylic acids is 2. The Kier molecular flexibility index (Phi) is 5.70. The van der Waals surface area contributed by atoms with Gasteiger partial charge in [0, 0.05) is 31.5 Å². The predicted molar refractivity (Wildman–Crippen MR) is 90.7 cm³/mol. The number of fused-ring (bicyclic) bond motifs is 1. The number of carbonyl (C=O) groups is 2. The summed E-state index contributed by atoms with van der Waals surface area (Å²) in [5.74, 6) is 1.42. The van der Waals surface area contributed by atoms with Crippen LogP contribution < -0.4 is 14.8 Å². The van der Waals surface area contributed by atoms with Crippen LogP contribution in [0.4, 0.5) is 0 Å². The third-order valence-corrected chi connectivity index (χ3v) is 3.85. The maximum Gasteiger partial charge on any atom is 0.231 e. The SMILES string of the molecule is CCN(Cc1ccc2c(c1)OCO2)C(=O)CCNC(=O)C(C)(C)C. The van der Waals surface area contributed by atoms with Crippen LogP contribution >= 0.6 is 0 Å². The first-order valence-electron chi connectivity index (χ1n) is 8.26. The minimum absolute atomic E-state index is 0.0179. The normalized spacial score (nSPS) is 12.8. The largest absolute Gasteiger partial charge is 0.454 e. The zero-order chi connectivity index (χ0) is 17.7. The van der Waals surface area contributed by atoms with Crippen molar-refractivity contribution in [3.63, 3.8) is 0 Å². The summed E-state index contributed by atoms with van der Waals surface area (Å²) in [6.07, 6.45) is 0.292. The van der Waals surface area contributed by atoms with E-state index in [9.17, 15) is 9.59 Å². The highest BCUT2D eigenvalue weighted by Crippen LogP contribution is 2.32. The van der Waals surface area contributed by atoms with Crippen LogP contribution in [0.1, 0.15) is 39.7 Å². The molecule has 0 saturated heterocycles. The molecular weight excluding hydrogens is 308 g/mol. The lowest BCUT2D eigenvalue weighted by Gasteiger charge is -2.22. The molecule has 2 rings (SSSR count). The van der Waals surface area contributed by atoms with Gasteiger partial charge in [-0.15, -0.1) is 0 Å². The van der Waals surface area contributed by atoms with Crippen molar-refractivity contribution < 1.29 is 19.1 Å². The van der Waals surface area contributed by atoms with Gasteiger partial charge in [0.1, 0.15) is 0 Å². The molecule has 0 bridgehead atoms. The number of benzene rings is 1. The highest BCUT2D eigenvalue weighted by molar-refractivity contribution is 5.82. The third kappa shape index (κ3) is 4.63. The second kappa shape index (κ2) is 7.55. The van der Waals surface area contributed by atoms with Gasteiger partial charge in [0.15, 0.2) is 11.5 Å². The minimum Gasteiger partial charge on any atom is -0.454 e. The van der Waals surface area contributed by atoms with E-state index in [0.717, 1.165) is 11.3 Å². The van der Waals surface area contributed by atoms with Gasteiger partial charge in [0.05, 0.1) is 0 Å². The maximum atomic E-state index is 12.4. The molecule has 0 atom stereocenters. The molecule has 1 aromatic rings. The first kappa shape index (κ1) is 18.1. The average molecular weight is 334 g/mol. The van der Waals surface area contributed by atoms with Crippen molar-refractivity contribution >= 4 is 11.8 Å². The van der Waals surface area contributed by atoms with Crippen LogP contribution in [-0.4, -0.2) is 36.6 Å². The molecule has 0 aliphatic carbocycles. The Bertz CT molecular complexity index is 608. The summed E-state index contributed by atoms with van der Waals surface area (Å²) in [7, 11) is 0. The molecule has 1 heterocycles. The molecule has 0 unspecified atom stereocenters. The minimum atomic E-state index is -0.444. The smallest absolute Gasteiger partial charge is 0.231 e. The van der Waals surface area contributed by atoms with Gasteiger partial charge in [-0.25, -0.2) is 0 Å². The van der Waals surface area contributed by atoms with Gasteiger partial charge in [-0.1, -0.05) is 26.8 Å². The third-order valence-electron chi connectivity index (χ3n) is 3.85. The molecule has 1 aliphatic rings. The number of amides is 2. The first-order valence-corrected chi connectivity index (χ1v) is 8.26. The van der Waals surface area contributed by atoms with Crippen LogP contribution in [0.2, 0.25) is 0 Å². The van der Waals surface area contributed by atoms with Gasteiger partial charge < -0.3 is 19.7 Å². The molecular formula is C18H26N2O4. The topological polar surface area (TPSA) is 67.9 Å². The molecule has 6 heteroatoms. The quantitative estimate of drug-likeness (QED) is 0.867. The van der Waals surface area contributed by atoms with Gasteiger partial charge in [-0.2, -0.15) is 0 Å². The standard InChI is InChI=1S/C18H26N2O4/c1-5-20(16(21)8-9-19-17(22)18(2,3)4)11-13-6-7-14-15(10-13)24-12-23-14/h6-7,10H,5,8-9,11-12H2,1-4H3,(H,19,22). The molecule has 1 N–H and O–H groups in total. The van der Waals surface area contributed by atoms with Crippen molar-refractivity contribution in [2.75, 3.05) is 19.9 Å². The van der Waals surface area contributed by atoms with E-state index in [1.165, 1.54) is 0 Å². The lowest BCUT2D eigenvalue weighted by molar-refractivity contribution is -0.132. The molecule has 0 radical (unpaired) electrons. The predicted octanol–water partition coefficient (Wildman–Crippen LogP) is 2.32. The van der Waals surface area contributed by atoms with Crippen LogP contribution in [-0.2, 0) is 16.1 Å². The van der Waals surface area contributed by atoms with Crippen molar-refractivity contribution in [1.29, 1.82) is 0 Å². The van der Waals surface area contributed by atoms with E-state index in [4.69, 9.17) is 9.47 Å². The summed E-state index contributed by atoms with van der Waals surface area (Å²) in [6, 6.07) is 5.70. The zero-order valence-corrected chi connectivity index (χ0v) is 14.8. The molecule has 2 amide bonds. The highest BCUT2D eigenvalue weighted by atomic mass is 16.7. The Labute approximate surface area is 143 Å². The van der Waals surface area contributed by atoms with E-state index in [0.29, 0.717) is 31.8 Å². The van der Waals surface area contributed by atoms with Gasteiger partial charge in [0.25, 0.3) is 0 Å². The molecule has 0 aromatic heterocycles. The van der Waals surface area contributed by atoms with Gasteiger partial charge in [0.2, 0.25) is 18.6 Å². The summed E-state index contributed by atoms with van der Waals surface area (Å²) in [5.41, 5.74) is 0.549. The summed E-state index contributed by atoms with van der Waals surface area (Å²) in [4.78, 5) is 26.0. The number of hydrogen-bond acceptors (Lipinski definition) is 4. The van der Waals surface area contributed by atoms with E-state index in [2.05, 4.69) is 5.32 Å². The molecule has 0 fully saturated rings. The number of nitrogens with one attached hydrogen (secondary N) is 1. The van der Waals surface area contributed by atoms with Crippen molar-refractivity contribution in [2.45, 2.75) is 40.7 Å². The number of ether oxygens (including phenoxy) is 2. The van der Waals surface area contributed by atoms with Crippen LogP contribution in [0.5, 0.6) is 11.5 Å². The van der Waals surface area contributed by atoms with Gasteiger partial charge in [-0.3, -0.25) is 9.59 Å². The molecule has 0 spiro atoms. The fraction of sp³-hybridized carbons (Fsp3) is 0.556. The lowest BCUT2D eigenvalue weighted by atomic mass is 9.96.